The zero-order valence-corrected chi connectivity index (χ0v) is 16.2. The van der Waals surface area contributed by atoms with Crippen LogP contribution in [0.25, 0.3) is 11.3 Å². The second kappa shape index (κ2) is 7.71. The number of carbonyl (C=O) groups is 1. The first-order valence-electron chi connectivity index (χ1n) is 9.26. The van der Waals surface area contributed by atoms with Gasteiger partial charge in [-0.15, -0.1) is 0 Å². The summed E-state index contributed by atoms with van der Waals surface area (Å²) >= 11 is 0. The fourth-order valence-corrected chi connectivity index (χ4v) is 3.28. The summed E-state index contributed by atoms with van der Waals surface area (Å²) in [4.78, 5) is 28.9. The lowest BCUT2D eigenvalue weighted by atomic mass is 10.1. The van der Waals surface area contributed by atoms with Crippen LogP contribution in [0, 0.1) is 13.8 Å². The van der Waals surface area contributed by atoms with Crippen molar-refractivity contribution in [2.75, 3.05) is 0 Å². The first kappa shape index (κ1) is 18.6. The molecule has 146 valence electrons. The second-order valence-electron chi connectivity index (χ2n) is 6.75. The Hall–Kier alpha value is -3.74. The summed E-state index contributed by atoms with van der Waals surface area (Å²) in [7, 11) is 0. The molecule has 4 rings (SSSR count). The van der Waals surface area contributed by atoms with Crippen LogP contribution in [0.1, 0.15) is 22.6 Å². The summed E-state index contributed by atoms with van der Waals surface area (Å²) in [5, 5.41) is 4.55. The second-order valence-corrected chi connectivity index (χ2v) is 6.75. The Morgan fingerprint density at radius 1 is 1.07 bits per heavy atom. The van der Waals surface area contributed by atoms with Crippen molar-refractivity contribution < 1.29 is 9.53 Å². The number of hydrogen-bond acceptors (Lipinski definition) is 5. The molecule has 0 bridgehead atoms. The number of aryl methyl sites for hydroxylation is 1. The van der Waals surface area contributed by atoms with E-state index in [4.69, 9.17) is 4.74 Å². The highest BCUT2D eigenvalue weighted by molar-refractivity contribution is 5.73. The number of ether oxygens (including phenoxy) is 1. The fraction of sp³-hybridized carbons (Fsp3) is 0.182. The van der Waals surface area contributed by atoms with Crippen molar-refractivity contribution >= 4 is 11.6 Å². The Balaban J connectivity index is 1.48. The van der Waals surface area contributed by atoms with E-state index in [0.717, 1.165) is 22.6 Å². The SMILES string of the molecule is Cc1nn(-c2ccccc2)c(C)c1CC(=O)OCc1cc(=O)n2ccccc2n1. The van der Waals surface area contributed by atoms with Crippen LogP contribution in [0.5, 0.6) is 0 Å². The predicted octanol–water partition coefficient (Wildman–Crippen LogP) is 2.78. The molecular formula is C22H20N4O3. The molecule has 0 unspecified atom stereocenters. The molecule has 3 heterocycles. The quantitative estimate of drug-likeness (QED) is 0.491. The highest BCUT2D eigenvalue weighted by Crippen LogP contribution is 2.18. The number of rotatable bonds is 5. The highest BCUT2D eigenvalue weighted by atomic mass is 16.5. The average Bonchev–Trinajstić information content (AvgIpc) is 3.01. The van der Waals surface area contributed by atoms with Gasteiger partial charge in [0.15, 0.2) is 0 Å². The van der Waals surface area contributed by atoms with E-state index >= 15 is 0 Å². The maximum absolute atomic E-state index is 12.4. The molecule has 0 saturated carbocycles. The summed E-state index contributed by atoms with van der Waals surface area (Å²) in [6.45, 7) is 3.76. The molecule has 0 aliphatic rings. The van der Waals surface area contributed by atoms with Gasteiger partial charge in [-0.2, -0.15) is 5.10 Å². The summed E-state index contributed by atoms with van der Waals surface area (Å²) in [6.07, 6.45) is 1.76. The Labute approximate surface area is 167 Å². The molecule has 0 aliphatic carbocycles. The van der Waals surface area contributed by atoms with E-state index in [1.54, 1.807) is 24.4 Å². The van der Waals surface area contributed by atoms with E-state index < -0.39 is 0 Å². The lowest BCUT2D eigenvalue weighted by Crippen LogP contribution is -2.17. The molecule has 3 aromatic heterocycles. The number of benzene rings is 1. The van der Waals surface area contributed by atoms with E-state index in [9.17, 15) is 9.59 Å². The van der Waals surface area contributed by atoms with Gasteiger partial charge in [0.05, 0.1) is 23.5 Å². The smallest absolute Gasteiger partial charge is 0.310 e. The van der Waals surface area contributed by atoms with Crippen LogP contribution in [0.3, 0.4) is 0 Å². The van der Waals surface area contributed by atoms with E-state index in [0.29, 0.717) is 11.3 Å². The van der Waals surface area contributed by atoms with Crippen LogP contribution in [-0.2, 0) is 22.6 Å². The van der Waals surface area contributed by atoms with Gasteiger partial charge in [-0.1, -0.05) is 24.3 Å². The standard InChI is InChI=1S/C22H20N4O3/c1-15-19(16(2)26(24-15)18-8-4-3-5-9-18)13-22(28)29-14-17-12-21(27)25-11-7-6-10-20(25)23-17/h3-12H,13-14H2,1-2H3. The van der Waals surface area contributed by atoms with Crippen LogP contribution < -0.4 is 5.56 Å². The van der Waals surface area contributed by atoms with Gasteiger partial charge in [0.25, 0.3) is 5.56 Å². The number of pyridine rings is 1. The molecule has 0 saturated heterocycles. The lowest BCUT2D eigenvalue weighted by Gasteiger charge is -2.07. The van der Waals surface area contributed by atoms with E-state index in [-0.39, 0.29) is 24.6 Å². The van der Waals surface area contributed by atoms with Crippen LogP contribution in [-0.4, -0.2) is 25.1 Å². The molecule has 7 nitrogen and oxygen atoms in total. The number of nitrogens with zero attached hydrogens (tertiary/aromatic N) is 4. The minimum atomic E-state index is -0.390. The maximum Gasteiger partial charge on any atom is 0.310 e. The minimum absolute atomic E-state index is 0.0512. The third kappa shape index (κ3) is 3.80. The number of para-hydroxylation sites is 1. The molecule has 29 heavy (non-hydrogen) atoms. The third-order valence-electron chi connectivity index (χ3n) is 4.77. The van der Waals surface area contributed by atoms with Crippen LogP contribution >= 0.6 is 0 Å². The molecule has 4 aromatic rings. The molecule has 0 amide bonds. The van der Waals surface area contributed by atoms with Gasteiger partial charge in [0.2, 0.25) is 0 Å². The average molecular weight is 388 g/mol. The fourth-order valence-electron chi connectivity index (χ4n) is 3.28. The van der Waals surface area contributed by atoms with Crippen molar-refractivity contribution in [2.24, 2.45) is 0 Å². The van der Waals surface area contributed by atoms with Gasteiger partial charge in [0, 0.05) is 23.5 Å². The number of esters is 1. The Bertz CT molecular complexity index is 1240. The monoisotopic (exact) mass is 388 g/mol. The van der Waals surface area contributed by atoms with Gasteiger partial charge in [-0.3, -0.25) is 14.0 Å². The van der Waals surface area contributed by atoms with Gasteiger partial charge in [-0.25, -0.2) is 9.67 Å². The largest absolute Gasteiger partial charge is 0.459 e. The molecule has 7 heteroatoms. The normalized spacial score (nSPS) is 11.0. The predicted molar refractivity (Wildman–Crippen MR) is 108 cm³/mol. The van der Waals surface area contributed by atoms with Crippen molar-refractivity contribution in [1.29, 1.82) is 0 Å². The molecule has 0 N–H and O–H groups in total. The molecule has 0 radical (unpaired) electrons. The van der Waals surface area contributed by atoms with Crippen molar-refractivity contribution in [1.82, 2.24) is 19.2 Å². The first-order chi connectivity index (χ1) is 14.0. The Morgan fingerprint density at radius 3 is 2.62 bits per heavy atom. The zero-order valence-electron chi connectivity index (χ0n) is 16.2. The lowest BCUT2D eigenvalue weighted by molar-refractivity contribution is -0.144. The van der Waals surface area contributed by atoms with Crippen molar-refractivity contribution in [3.05, 3.63) is 93.8 Å². The van der Waals surface area contributed by atoms with Crippen LogP contribution in [0.15, 0.2) is 65.6 Å². The summed E-state index contributed by atoms with van der Waals surface area (Å²) in [5.74, 6) is -0.390. The molecule has 1 aromatic carbocycles. The van der Waals surface area contributed by atoms with E-state index in [2.05, 4.69) is 10.1 Å². The first-order valence-corrected chi connectivity index (χ1v) is 9.26. The number of hydrogen-bond donors (Lipinski definition) is 0. The topological polar surface area (TPSA) is 78.5 Å². The molecule has 0 atom stereocenters. The van der Waals surface area contributed by atoms with Crippen molar-refractivity contribution in [2.45, 2.75) is 26.9 Å². The summed E-state index contributed by atoms with van der Waals surface area (Å²) in [5.41, 5.74) is 4.18. The summed E-state index contributed by atoms with van der Waals surface area (Å²) in [6, 6.07) is 16.4. The van der Waals surface area contributed by atoms with Crippen LogP contribution in [0.2, 0.25) is 0 Å². The van der Waals surface area contributed by atoms with Gasteiger partial charge in [0.1, 0.15) is 12.3 Å². The van der Waals surface area contributed by atoms with E-state index in [1.165, 1.54) is 10.5 Å². The highest BCUT2D eigenvalue weighted by Gasteiger charge is 2.17. The van der Waals surface area contributed by atoms with E-state index in [1.807, 2.05) is 48.9 Å². The number of fused-ring (bicyclic) bond motifs is 1. The zero-order chi connectivity index (χ0) is 20.4. The molecule has 0 aliphatic heterocycles. The van der Waals surface area contributed by atoms with Crippen LogP contribution in [0.4, 0.5) is 0 Å². The van der Waals surface area contributed by atoms with Crippen molar-refractivity contribution in [3.63, 3.8) is 0 Å². The maximum atomic E-state index is 12.4. The van der Waals surface area contributed by atoms with Gasteiger partial charge < -0.3 is 4.74 Å². The van der Waals surface area contributed by atoms with Gasteiger partial charge in [-0.05, 0) is 38.1 Å². The minimum Gasteiger partial charge on any atom is -0.459 e. The molecular weight excluding hydrogens is 368 g/mol. The number of carbonyl (C=O) groups excluding carboxylic acids is 1. The Kier molecular flexibility index (Phi) is 4.95. The van der Waals surface area contributed by atoms with Gasteiger partial charge >= 0.3 is 5.97 Å². The number of aromatic nitrogens is 4. The van der Waals surface area contributed by atoms with Crippen molar-refractivity contribution in [3.8, 4) is 5.69 Å². The third-order valence-corrected chi connectivity index (χ3v) is 4.77. The summed E-state index contributed by atoms with van der Waals surface area (Å²) < 4.78 is 8.64. The molecule has 0 fully saturated rings. The molecule has 0 spiro atoms. The Morgan fingerprint density at radius 2 is 1.83 bits per heavy atom.